The Bertz CT molecular complexity index is 1800. The van der Waals surface area contributed by atoms with Gasteiger partial charge in [-0.25, -0.2) is 0 Å². The van der Waals surface area contributed by atoms with Crippen LogP contribution in [0.15, 0.2) is 84.9 Å². The number of piperidine rings is 2. The van der Waals surface area contributed by atoms with Crippen LogP contribution in [0.3, 0.4) is 0 Å². The molecule has 0 radical (unpaired) electrons. The van der Waals surface area contributed by atoms with Gasteiger partial charge in [-0.05, 0) is 114 Å². The first-order valence-electron chi connectivity index (χ1n) is 22.0. The van der Waals surface area contributed by atoms with Gasteiger partial charge in [-0.2, -0.15) is 0 Å². The normalized spacial score (nSPS) is 17.2. The molecule has 0 spiro atoms. The Hall–Kier alpha value is -3.08. The van der Waals surface area contributed by atoms with E-state index in [4.69, 9.17) is 65.4 Å². The molecule has 2 aliphatic rings. The summed E-state index contributed by atoms with van der Waals surface area (Å²) < 4.78 is 22.5. The molecule has 0 bridgehead atoms. The van der Waals surface area contributed by atoms with Crippen LogP contribution in [-0.2, 0) is 0 Å². The van der Waals surface area contributed by atoms with Crippen LogP contribution in [0, 0.1) is 13.8 Å². The molecule has 2 saturated heterocycles. The molecule has 12 nitrogen and oxygen atoms in total. The predicted octanol–water partition coefficient (Wildman–Crippen LogP) is 7.07. The minimum Gasteiger partial charge on any atom is -0.491 e. The first kappa shape index (κ1) is 51.9. The van der Waals surface area contributed by atoms with Crippen molar-refractivity contribution in [2.75, 3.05) is 78.8 Å². The number of aliphatic hydroxyl groups is 4. The van der Waals surface area contributed by atoms with Crippen molar-refractivity contribution < 1.29 is 39.4 Å². The maximum absolute atomic E-state index is 10.3. The molecule has 4 atom stereocenters. The van der Waals surface area contributed by atoms with E-state index in [1.807, 2.05) is 62.4 Å². The van der Waals surface area contributed by atoms with E-state index < -0.39 is 24.4 Å². The van der Waals surface area contributed by atoms with Crippen molar-refractivity contribution in [2.45, 2.75) is 76.0 Å². The van der Waals surface area contributed by atoms with Crippen molar-refractivity contribution in [3.05, 3.63) is 116 Å². The molecule has 0 amide bonds. The Morgan fingerprint density at radius 2 is 0.781 bits per heavy atom. The summed E-state index contributed by atoms with van der Waals surface area (Å²) in [6.45, 7) is 10.6. The summed E-state index contributed by atoms with van der Waals surface area (Å²) in [5.74, 6) is 2.71. The van der Waals surface area contributed by atoms with Crippen molar-refractivity contribution in [3.63, 3.8) is 0 Å². The zero-order valence-corrected chi connectivity index (χ0v) is 39.7. The summed E-state index contributed by atoms with van der Waals surface area (Å²) in [6.07, 6.45) is 1.56. The van der Waals surface area contributed by atoms with Gasteiger partial charge in [0.1, 0.15) is 73.8 Å². The predicted molar refractivity (Wildman–Crippen MR) is 256 cm³/mol. The molecule has 352 valence electrons. The molecule has 4 aromatic carbocycles. The van der Waals surface area contributed by atoms with Crippen LogP contribution in [0.25, 0.3) is 0 Å². The number of rotatable bonds is 22. The maximum atomic E-state index is 10.3. The fourth-order valence-corrected chi connectivity index (χ4v) is 7.81. The van der Waals surface area contributed by atoms with Crippen molar-refractivity contribution in [1.29, 1.82) is 0 Å². The zero-order valence-electron chi connectivity index (χ0n) is 36.7. The zero-order chi connectivity index (χ0) is 45.8. The number of aliphatic hydroxyl groups excluding tert-OH is 4. The van der Waals surface area contributed by atoms with E-state index in [1.54, 1.807) is 36.4 Å². The van der Waals surface area contributed by atoms with Crippen LogP contribution in [0.2, 0.25) is 20.1 Å². The molecular weight excluding hydrogens is 902 g/mol. The highest BCUT2D eigenvalue weighted by Gasteiger charge is 2.23. The topological polar surface area (TPSA) is 148 Å². The molecule has 6 rings (SSSR count). The quantitative estimate of drug-likeness (QED) is 0.0479. The third-order valence-corrected chi connectivity index (χ3v) is 12.5. The standard InChI is InChI=1S/2C24H32Cl2N2O4/c2*1-17-2-4-21(5-3-17)31-15-19(29)13-27-18-8-10-28(11-9-18)14-20(30)16-32-22-6-7-23(25)24(26)12-22/h2*2-7,12,18-20,27,29-30H,8-11,13-16H2,1H3/t2*19-,20-/m10/s1. The molecule has 0 unspecified atom stereocenters. The lowest BCUT2D eigenvalue weighted by Crippen LogP contribution is -2.47. The van der Waals surface area contributed by atoms with Crippen LogP contribution < -0.4 is 29.6 Å². The highest BCUT2D eigenvalue weighted by atomic mass is 35.5. The van der Waals surface area contributed by atoms with Crippen LogP contribution in [0.1, 0.15) is 36.8 Å². The van der Waals surface area contributed by atoms with E-state index in [9.17, 15) is 20.4 Å². The second-order valence-electron chi connectivity index (χ2n) is 16.6. The highest BCUT2D eigenvalue weighted by Crippen LogP contribution is 2.28. The average molecular weight is 967 g/mol. The number of benzene rings is 4. The Kier molecular flexibility index (Phi) is 22.3. The fourth-order valence-electron chi connectivity index (χ4n) is 7.24. The Balaban J connectivity index is 0.000000241. The second kappa shape index (κ2) is 27.5. The van der Waals surface area contributed by atoms with Crippen molar-refractivity contribution >= 4 is 46.4 Å². The minimum atomic E-state index is -0.588. The number of nitrogens with zero attached hydrogens (tertiary/aromatic N) is 2. The monoisotopic (exact) mass is 964 g/mol. The van der Waals surface area contributed by atoms with E-state index in [2.05, 4.69) is 20.4 Å². The molecule has 2 fully saturated rings. The van der Waals surface area contributed by atoms with E-state index in [1.165, 1.54) is 11.1 Å². The van der Waals surface area contributed by atoms with Crippen molar-refractivity contribution in [2.24, 2.45) is 0 Å². The van der Waals surface area contributed by atoms with E-state index in [0.717, 1.165) is 63.4 Å². The van der Waals surface area contributed by atoms with Gasteiger partial charge in [-0.15, -0.1) is 0 Å². The number of ether oxygens (including phenoxy) is 4. The van der Waals surface area contributed by atoms with Gasteiger partial charge < -0.3 is 59.8 Å². The van der Waals surface area contributed by atoms with Gasteiger partial charge in [0.25, 0.3) is 0 Å². The molecule has 16 heteroatoms. The van der Waals surface area contributed by atoms with Crippen LogP contribution in [-0.4, -0.2) is 146 Å². The molecule has 0 aromatic heterocycles. The Labute approximate surface area is 398 Å². The summed E-state index contributed by atoms with van der Waals surface area (Å²) >= 11 is 23.8. The lowest BCUT2D eigenvalue weighted by Gasteiger charge is -2.33. The van der Waals surface area contributed by atoms with Gasteiger partial charge >= 0.3 is 0 Å². The van der Waals surface area contributed by atoms with Gasteiger partial charge in [-0.3, -0.25) is 0 Å². The summed E-state index contributed by atoms with van der Waals surface area (Å²) in [4.78, 5) is 4.47. The fraction of sp³-hybridized carbons (Fsp3) is 0.500. The Morgan fingerprint density at radius 1 is 0.469 bits per heavy atom. The summed E-state index contributed by atoms with van der Waals surface area (Å²) in [7, 11) is 0. The third-order valence-electron chi connectivity index (χ3n) is 11.0. The number of aryl methyl sites for hydroxylation is 2. The lowest BCUT2D eigenvalue weighted by atomic mass is 10.0. The van der Waals surface area contributed by atoms with E-state index in [-0.39, 0.29) is 26.4 Å². The van der Waals surface area contributed by atoms with Gasteiger partial charge in [0, 0.05) is 50.4 Å². The van der Waals surface area contributed by atoms with Gasteiger partial charge in [0.05, 0.1) is 20.1 Å². The van der Waals surface area contributed by atoms with Crippen LogP contribution in [0.4, 0.5) is 0 Å². The summed E-state index contributed by atoms with van der Waals surface area (Å²) in [6, 6.07) is 26.4. The summed E-state index contributed by atoms with van der Waals surface area (Å²) in [5, 5.41) is 49.7. The van der Waals surface area contributed by atoms with E-state index >= 15 is 0 Å². The smallest absolute Gasteiger partial charge is 0.121 e. The Morgan fingerprint density at radius 3 is 1.12 bits per heavy atom. The number of nitrogens with one attached hydrogen (secondary N) is 2. The van der Waals surface area contributed by atoms with Crippen molar-refractivity contribution in [1.82, 2.24) is 20.4 Å². The number of likely N-dealkylation sites (tertiary alicyclic amines) is 2. The number of halogens is 4. The molecule has 2 heterocycles. The lowest BCUT2D eigenvalue weighted by molar-refractivity contribution is 0.0555. The highest BCUT2D eigenvalue weighted by molar-refractivity contribution is 6.42. The molecule has 64 heavy (non-hydrogen) atoms. The number of hydrogen-bond donors (Lipinski definition) is 6. The van der Waals surface area contributed by atoms with Crippen molar-refractivity contribution in [3.8, 4) is 23.0 Å². The van der Waals surface area contributed by atoms with Gasteiger partial charge in [0.2, 0.25) is 0 Å². The van der Waals surface area contributed by atoms with Crippen LogP contribution in [0.5, 0.6) is 23.0 Å². The SMILES string of the molecule is Cc1ccc(OC[C@@H](O)CNC2CCN(C[C@H](O)COc3ccc(Cl)c(Cl)c3)CC2)cc1.Cc1ccc(OC[C@H](O)CNC2CCN(C[C@@H](O)COc3ccc(Cl)c(Cl)c3)CC2)cc1. The molecule has 4 aromatic rings. The van der Waals surface area contributed by atoms with Gasteiger partial charge in [0.15, 0.2) is 0 Å². The molecule has 0 saturated carbocycles. The molecule has 6 N–H and O–H groups in total. The van der Waals surface area contributed by atoms with Crippen LogP contribution >= 0.6 is 46.4 Å². The first-order chi connectivity index (χ1) is 30.8. The summed E-state index contributed by atoms with van der Waals surface area (Å²) in [5.41, 5.74) is 2.36. The molecule has 0 aliphatic carbocycles. The van der Waals surface area contributed by atoms with Gasteiger partial charge in [-0.1, -0.05) is 81.8 Å². The largest absolute Gasteiger partial charge is 0.491 e. The molecular formula is C48H64Cl4N4O8. The van der Waals surface area contributed by atoms with E-state index in [0.29, 0.717) is 69.9 Å². The minimum absolute atomic E-state index is 0.198. The number of hydrogen-bond acceptors (Lipinski definition) is 12. The molecule has 2 aliphatic heterocycles. The second-order valence-corrected chi connectivity index (χ2v) is 18.2. The average Bonchev–Trinajstić information content (AvgIpc) is 3.29. The maximum Gasteiger partial charge on any atom is 0.121 e. The number of β-amino-alcohol motifs (C(OH)–C–C–N with tert-alkyl or cyclic N) is 2. The first-order valence-corrected chi connectivity index (χ1v) is 23.5. The third kappa shape index (κ3) is 19.4.